The SMILES string of the molecule is COc1cc2c(C)nc(O)c(Cc3ccc4ccccc4c3)c2cc1OC.Cl. The lowest BCUT2D eigenvalue weighted by atomic mass is 9.97. The van der Waals surface area contributed by atoms with Crippen LogP contribution in [0, 0.1) is 6.92 Å². The molecule has 0 unspecified atom stereocenters. The highest BCUT2D eigenvalue weighted by Gasteiger charge is 2.16. The molecule has 3 aromatic carbocycles. The first-order valence-corrected chi connectivity index (χ1v) is 8.82. The lowest BCUT2D eigenvalue weighted by Gasteiger charge is -2.15. The summed E-state index contributed by atoms with van der Waals surface area (Å²) in [6, 6.07) is 18.4. The molecule has 144 valence electrons. The zero-order valence-corrected chi connectivity index (χ0v) is 16.8. The van der Waals surface area contributed by atoms with E-state index in [4.69, 9.17) is 9.47 Å². The Morgan fingerprint density at radius 2 is 1.50 bits per heavy atom. The molecule has 1 aromatic heterocycles. The Kier molecular flexibility index (Phi) is 5.61. The fourth-order valence-corrected chi connectivity index (χ4v) is 3.56. The number of aromatic nitrogens is 1. The molecule has 0 bridgehead atoms. The summed E-state index contributed by atoms with van der Waals surface area (Å²) in [5, 5.41) is 14.8. The Bertz CT molecular complexity index is 1160. The molecule has 0 fully saturated rings. The number of aromatic hydroxyl groups is 1. The van der Waals surface area contributed by atoms with Crippen molar-refractivity contribution >= 4 is 34.0 Å². The number of methoxy groups -OCH3 is 2. The van der Waals surface area contributed by atoms with Crippen LogP contribution in [0.3, 0.4) is 0 Å². The average molecular weight is 396 g/mol. The fraction of sp³-hybridized carbons (Fsp3) is 0.174. The van der Waals surface area contributed by atoms with Crippen molar-refractivity contribution in [2.45, 2.75) is 13.3 Å². The van der Waals surface area contributed by atoms with E-state index in [0.29, 0.717) is 17.9 Å². The normalized spacial score (nSPS) is 10.7. The maximum absolute atomic E-state index is 10.6. The minimum absolute atomic E-state index is 0. The molecule has 0 saturated heterocycles. The number of hydrogen-bond acceptors (Lipinski definition) is 4. The minimum Gasteiger partial charge on any atom is -0.493 e. The summed E-state index contributed by atoms with van der Waals surface area (Å²) in [5.41, 5.74) is 2.66. The van der Waals surface area contributed by atoms with Gasteiger partial charge in [0.1, 0.15) is 0 Å². The molecule has 4 rings (SSSR count). The van der Waals surface area contributed by atoms with Gasteiger partial charge in [-0.3, -0.25) is 0 Å². The van der Waals surface area contributed by atoms with Gasteiger partial charge in [0.05, 0.1) is 14.2 Å². The maximum Gasteiger partial charge on any atom is 0.215 e. The van der Waals surface area contributed by atoms with Crippen LogP contribution in [0.4, 0.5) is 0 Å². The molecule has 0 saturated carbocycles. The smallest absolute Gasteiger partial charge is 0.215 e. The van der Waals surface area contributed by atoms with E-state index in [1.165, 1.54) is 10.8 Å². The summed E-state index contributed by atoms with van der Waals surface area (Å²) in [6.07, 6.45) is 0.579. The van der Waals surface area contributed by atoms with Gasteiger partial charge in [0.15, 0.2) is 11.5 Å². The van der Waals surface area contributed by atoms with Crippen LogP contribution in [0.5, 0.6) is 17.4 Å². The number of pyridine rings is 1. The Balaban J connectivity index is 0.00000225. The third-order valence-corrected chi connectivity index (χ3v) is 4.98. The Labute approximate surface area is 170 Å². The lowest BCUT2D eigenvalue weighted by molar-refractivity contribution is 0.355. The van der Waals surface area contributed by atoms with Crippen molar-refractivity contribution < 1.29 is 14.6 Å². The molecule has 4 nitrogen and oxygen atoms in total. The summed E-state index contributed by atoms with van der Waals surface area (Å²) in [6.45, 7) is 1.88. The molecule has 0 radical (unpaired) electrons. The lowest BCUT2D eigenvalue weighted by Crippen LogP contribution is -1.98. The Morgan fingerprint density at radius 1 is 0.857 bits per heavy atom. The Morgan fingerprint density at radius 3 is 2.18 bits per heavy atom. The number of nitrogens with zero attached hydrogens (tertiary/aromatic N) is 1. The number of aryl methyl sites for hydroxylation is 1. The molecule has 0 amide bonds. The highest BCUT2D eigenvalue weighted by Crippen LogP contribution is 2.38. The Hall–Kier alpha value is -2.98. The summed E-state index contributed by atoms with van der Waals surface area (Å²) >= 11 is 0. The quantitative estimate of drug-likeness (QED) is 0.500. The number of fused-ring (bicyclic) bond motifs is 2. The van der Waals surface area contributed by atoms with E-state index in [1.54, 1.807) is 14.2 Å². The van der Waals surface area contributed by atoms with Gasteiger partial charge in [-0.2, -0.15) is 0 Å². The average Bonchev–Trinajstić information content (AvgIpc) is 2.70. The molecular formula is C23H22ClNO3. The molecule has 1 N–H and O–H groups in total. The summed E-state index contributed by atoms with van der Waals surface area (Å²) in [7, 11) is 3.23. The van der Waals surface area contributed by atoms with Crippen molar-refractivity contribution in [2.75, 3.05) is 14.2 Å². The predicted octanol–water partition coefficient (Wildman–Crippen LogP) is 5.43. The number of ether oxygens (including phenoxy) is 2. The van der Waals surface area contributed by atoms with Crippen LogP contribution in [0.25, 0.3) is 21.5 Å². The zero-order chi connectivity index (χ0) is 19.0. The fourth-order valence-electron chi connectivity index (χ4n) is 3.56. The first kappa shape index (κ1) is 19.8. The van der Waals surface area contributed by atoms with Gasteiger partial charge in [0.25, 0.3) is 0 Å². The molecule has 5 heteroatoms. The first-order chi connectivity index (χ1) is 13.1. The van der Waals surface area contributed by atoms with E-state index in [-0.39, 0.29) is 18.3 Å². The van der Waals surface area contributed by atoms with Gasteiger partial charge >= 0.3 is 0 Å². The molecule has 4 aromatic rings. The maximum atomic E-state index is 10.6. The van der Waals surface area contributed by atoms with Gasteiger partial charge in [0.2, 0.25) is 5.88 Å². The molecule has 0 aliphatic rings. The molecule has 0 atom stereocenters. The molecule has 28 heavy (non-hydrogen) atoms. The summed E-state index contributed by atoms with van der Waals surface area (Å²) in [5.74, 6) is 1.34. The molecule has 0 aliphatic heterocycles. The second kappa shape index (κ2) is 7.95. The molecular weight excluding hydrogens is 374 g/mol. The largest absolute Gasteiger partial charge is 0.493 e. The minimum atomic E-state index is 0. The molecule has 1 heterocycles. The molecule has 0 aliphatic carbocycles. The van der Waals surface area contributed by atoms with Crippen molar-refractivity contribution in [1.82, 2.24) is 4.98 Å². The van der Waals surface area contributed by atoms with Crippen LogP contribution in [-0.4, -0.2) is 24.3 Å². The van der Waals surface area contributed by atoms with Gasteiger partial charge in [-0.1, -0.05) is 42.5 Å². The van der Waals surface area contributed by atoms with Crippen molar-refractivity contribution in [1.29, 1.82) is 0 Å². The van der Waals surface area contributed by atoms with E-state index < -0.39 is 0 Å². The number of halogens is 1. The first-order valence-electron chi connectivity index (χ1n) is 8.82. The van der Waals surface area contributed by atoms with E-state index in [9.17, 15) is 5.11 Å². The van der Waals surface area contributed by atoms with Crippen LogP contribution in [0.15, 0.2) is 54.6 Å². The third kappa shape index (κ3) is 3.43. The second-order valence-corrected chi connectivity index (χ2v) is 6.61. The van der Waals surface area contributed by atoms with E-state index in [2.05, 4.69) is 35.3 Å². The van der Waals surface area contributed by atoms with Gasteiger partial charge in [-0.25, -0.2) is 4.98 Å². The van der Waals surface area contributed by atoms with Crippen molar-refractivity contribution in [3.8, 4) is 17.4 Å². The summed E-state index contributed by atoms with van der Waals surface area (Å²) in [4.78, 5) is 4.35. The topological polar surface area (TPSA) is 51.6 Å². The van der Waals surface area contributed by atoms with Crippen molar-refractivity contribution in [3.05, 3.63) is 71.4 Å². The van der Waals surface area contributed by atoms with Crippen LogP contribution in [-0.2, 0) is 6.42 Å². The molecule has 0 spiro atoms. The van der Waals surface area contributed by atoms with E-state index in [1.807, 2.05) is 31.2 Å². The van der Waals surface area contributed by atoms with Gasteiger partial charge in [0, 0.05) is 23.1 Å². The number of hydrogen-bond donors (Lipinski definition) is 1. The summed E-state index contributed by atoms with van der Waals surface area (Å²) < 4.78 is 10.9. The van der Waals surface area contributed by atoms with Gasteiger partial charge in [-0.15, -0.1) is 12.4 Å². The highest BCUT2D eigenvalue weighted by atomic mass is 35.5. The van der Waals surface area contributed by atoms with Crippen molar-refractivity contribution in [3.63, 3.8) is 0 Å². The van der Waals surface area contributed by atoms with Gasteiger partial charge < -0.3 is 14.6 Å². The van der Waals surface area contributed by atoms with E-state index in [0.717, 1.165) is 27.6 Å². The highest BCUT2D eigenvalue weighted by molar-refractivity contribution is 5.92. The number of rotatable bonds is 4. The number of benzene rings is 3. The zero-order valence-electron chi connectivity index (χ0n) is 16.0. The van der Waals surface area contributed by atoms with Crippen LogP contribution >= 0.6 is 12.4 Å². The monoisotopic (exact) mass is 395 g/mol. The predicted molar refractivity (Wildman–Crippen MR) is 115 cm³/mol. The van der Waals surface area contributed by atoms with Crippen LogP contribution in [0.1, 0.15) is 16.8 Å². The van der Waals surface area contributed by atoms with E-state index >= 15 is 0 Å². The van der Waals surface area contributed by atoms with Gasteiger partial charge in [-0.05, 0) is 40.8 Å². The second-order valence-electron chi connectivity index (χ2n) is 6.61. The standard InChI is InChI=1S/C23H21NO3.ClH/c1-14-18-12-21(26-2)22(27-3)13-19(18)20(23(25)24-14)11-15-8-9-16-6-4-5-7-17(16)10-15;/h4-10,12-13H,11H2,1-3H3,(H,24,25);1H. The third-order valence-electron chi connectivity index (χ3n) is 4.98. The van der Waals surface area contributed by atoms with Crippen molar-refractivity contribution in [2.24, 2.45) is 0 Å². The van der Waals surface area contributed by atoms with Crippen LogP contribution < -0.4 is 9.47 Å². The van der Waals surface area contributed by atoms with Crippen LogP contribution in [0.2, 0.25) is 0 Å².